The predicted molar refractivity (Wildman–Crippen MR) is 144 cm³/mol. The minimum absolute atomic E-state index is 0.0704. The van der Waals surface area contributed by atoms with E-state index in [-0.39, 0.29) is 17.7 Å². The lowest BCUT2D eigenvalue weighted by Gasteiger charge is -2.43. The Morgan fingerprint density at radius 1 is 1.17 bits per heavy atom. The molecule has 1 heterocycles. The predicted octanol–water partition coefficient (Wildman–Crippen LogP) is 5.28. The molecule has 0 aromatic heterocycles. The van der Waals surface area contributed by atoms with Gasteiger partial charge < -0.3 is 24.8 Å². The van der Waals surface area contributed by atoms with E-state index in [1.54, 1.807) is 7.11 Å². The van der Waals surface area contributed by atoms with Gasteiger partial charge >= 0.3 is 0 Å². The summed E-state index contributed by atoms with van der Waals surface area (Å²) in [6, 6.07) is 15.8. The summed E-state index contributed by atoms with van der Waals surface area (Å²) in [7, 11) is 3.62. The minimum Gasteiger partial charge on any atom is -0.457 e. The van der Waals surface area contributed by atoms with Gasteiger partial charge in [0.15, 0.2) is 0 Å². The fourth-order valence-electron chi connectivity index (χ4n) is 5.34. The maximum Gasteiger partial charge on any atom is 0.222 e. The number of hydrogen-bond donors (Lipinski definition) is 2. The van der Waals surface area contributed by atoms with Gasteiger partial charge in [0.05, 0.1) is 5.60 Å². The van der Waals surface area contributed by atoms with Crippen molar-refractivity contribution < 1.29 is 19.4 Å². The van der Waals surface area contributed by atoms with E-state index >= 15 is 0 Å². The first kappa shape index (κ1) is 28.2. The van der Waals surface area contributed by atoms with E-state index in [4.69, 9.17) is 9.47 Å². The Labute approximate surface area is 217 Å². The van der Waals surface area contributed by atoms with E-state index in [0.29, 0.717) is 31.7 Å². The van der Waals surface area contributed by atoms with Gasteiger partial charge in [-0.15, -0.1) is 0 Å². The van der Waals surface area contributed by atoms with Crippen LogP contribution >= 0.6 is 0 Å². The number of carbonyl (C=O) groups excluding carboxylic acids is 1. The zero-order valence-electron chi connectivity index (χ0n) is 22.5. The number of nitrogens with one attached hydrogen (secondary N) is 1. The smallest absolute Gasteiger partial charge is 0.222 e. The van der Waals surface area contributed by atoms with Gasteiger partial charge in [-0.05, 0) is 76.2 Å². The fourth-order valence-corrected chi connectivity index (χ4v) is 5.34. The number of aryl methyl sites for hydroxylation is 1. The van der Waals surface area contributed by atoms with Crippen LogP contribution in [0.2, 0.25) is 0 Å². The molecule has 0 saturated carbocycles. The number of rotatable bonds is 13. The number of nitrogens with zero attached hydrogens (tertiary/aromatic N) is 1. The van der Waals surface area contributed by atoms with Crippen molar-refractivity contribution in [1.29, 1.82) is 0 Å². The van der Waals surface area contributed by atoms with Crippen LogP contribution in [-0.2, 0) is 15.1 Å². The van der Waals surface area contributed by atoms with Crippen LogP contribution in [0.15, 0.2) is 48.5 Å². The summed E-state index contributed by atoms with van der Waals surface area (Å²) in [5.41, 5.74) is 0.734. The molecule has 2 aromatic rings. The van der Waals surface area contributed by atoms with Crippen LogP contribution in [0, 0.1) is 18.8 Å². The number of likely N-dealkylation sites (tertiary alicyclic amines) is 1. The molecule has 1 aliphatic rings. The van der Waals surface area contributed by atoms with Gasteiger partial charge in [0.1, 0.15) is 11.5 Å². The standard InChI is InChI=1S/C30H44N2O4/c1-23(21-31-3)20-29(33)32-18-11-13-25(22-32)30(34,17-9-10-19-35-4)26-14-6-8-16-28(26)36-27-15-7-5-12-24(27)2/h5-8,12,14-16,23,25,31,34H,9-11,13,17-22H2,1-4H3/t23-,25-,30+/m1/s1. The molecule has 2 aromatic carbocycles. The normalized spacial score (nSPS) is 18.5. The lowest BCUT2D eigenvalue weighted by Crippen LogP contribution is -2.48. The lowest BCUT2D eigenvalue weighted by atomic mass is 9.73. The average Bonchev–Trinajstić information content (AvgIpc) is 2.88. The highest BCUT2D eigenvalue weighted by molar-refractivity contribution is 5.76. The third-order valence-electron chi connectivity index (χ3n) is 7.35. The minimum atomic E-state index is -1.11. The van der Waals surface area contributed by atoms with Gasteiger partial charge in [-0.25, -0.2) is 0 Å². The molecule has 0 unspecified atom stereocenters. The molecule has 1 aliphatic heterocycles. The summed E-state index contributed by atoms with van der Waals surface area (Å²) in [4.78, 5) is 15.1. The number of hydrogen-bond acceptors (Lipinski definition) is 5. The van der Waals surface area contributed by atoms with Crippen molar-refractivity contribution in [3.63, 3.8) is 0 Å². The first-order valence-electron chi connectivity index (χ1n) is 13.4. The quantitative estimate of drug-likeness (QED) is 0.370. The van der Waals surface area contributed by atoms with E-state index in [9.17, 15) is 9.90 Å². The van der Waals surface area contributed by atoms with Crippen LogP contribution in [0.4, 0.5) is 0 Å². The van der Waals surface area contributed by atoms with Gasteiger partial charge in [-0.1, -0.05) is 43.3 Å². The number of carbonyl (C=O) groups is 1. The van der Waals surface area contributed by atoms with E-state index in [2.05, 4.69) is 12.2 Å². The summed E-state index contributed by atoms with van der Waals surface area (Å²) >= 11 is 0. The van der Waals surface area contributed by atoms with Crippen molar-refractivity contribution in [2.45, 2.75) is 58.0 Å². The lowest BCUT2D eigenvalue weighted by molar-refractivity contribution is -0.137. The van der Waals surface area contributed by atoms with Crippen molar-refractivity contribution in [2.24, 2.45) is 11.8 Å². The summed E-state index contributed by atoms with van der Waals surface area (Å²) in [5.74, 6) is 1.84. The molecule has 0 aliphatic carbocycles. The van der Waals surface area contributed by atoms with Gasteiger partial charge in [0.25, 0.3) is 0 Å². The molecule has 0 spiro atoms. The maximum absolute atomic E-state index is 13.1. The summed E-state index contributed by atoms with van der Waals surface area (Å²) in [6.07, 6.45) is 4.57. The first-order chi connectivity index (χ1) is 17.4. The Kier molecular flexibility index (Phi) is 10.8. The molecule has 2 N–H and O–H groups in total. The highest BCUT2D eigenvalue weighted by atomic mass is 16.5. The second kappa shape index (κ2) is 13.8. The number of para-hydroxylation sites is 2. The van der Waals surface area contributed by atoms with Crippen LogP contribution in [0.25, 0.3) is 0 Å². The van der Waals surface area contributed by atoms with Gasteiger partial charge in [0.2, 0.25) is 5.91 Å². The van der Waals surface area contributed by atoms with Crippen LogP contribution in [0.1, 0.15) is 56.6 Å². The van der Waals surface area contributed by atoms with Crippen molar-refractivity contribution in [3.8, 4) is 11.5 Å². The molecule has 6 nitrogen and oxygen atoms in total. The number of piperidine rings is 1. The van der Waals surface area contributed by atoms with Gasteiger partial charge in [-0.3, -0.25) is 4.79 Å². The van der Waals surface area contributed by atoms with Crippen molar-refractivity contribution >= 4 is 5.91 Å². The van der Waals surface area contributed by atoms with E-state index < -0.39 is 5.60 Å². The Morgan fingerprint density at radius 3 is 2.61 bits per heavy atom. The zero-order valence-corrected chi connectivity index (χ0v) is 22.5. The van der Waals surface area contributed by atoms with Crippen molar-refractivity contribution in [3.05, 3.63) is 59.7 Å². The Hall–Kier alpha value is -2.41. The number of benzene rings is 2. The summed E-state index contributed by atoms with van der Waals surface area (Å²) < 4.78 is 11.7. The highest BCUT2D eigenvalue weighted by Gasteiger charge is 2.43. The molecule has 6 heteroatoms. The van der Waals surface area contributed by atoms with Crippen LogP contribution in [0.5, 0.6) is 11.5 Å². The Balaban J connectivity index is 1.89. The monoisotopic (exact) mass is 496 g/mol. The molecule has 198 valence electrons. The molecule has 3 atom stereocenters. The molecular weight excluding hydrogens is 452 g/mol. The van der Waals surface area contributed by atoms with E-state index in [1.165, 1.54) is 0 Å². The summed E-state index contributed by atoms with van der Waals surface area (Å²) in [5, 5.41) is 15.6. The Bertz CT molecular complexity index is 965. The second-order valence-electron chi connectivity index (χ2n) is 10.3. The number of amides is 1. The molecular formula is C30H44N2O4. The van der Waals surface area contributed by atoms with E-state index in [1.807, 2.05) is 67.4 Å². The van der Waals surface area contributed by atoms with Crippen LogP contribution in [-0.4, -0.2) is 56.3 Å². The van der Waals surface area contributed by atoms with Gasteiger partial charge in [-0.2, -0.15) is 0 Å². The zero-order chi connectivity index (χ0) is 26.0. The number of methoxy groups -OCH3 is 1. The van der Waals surface area contributed by atoms with Crippen LogP contribution in [0.3, 0.4) is 0 Å². The Morgan fingerprint density at radius 2 is 1.89 bits per heavy atom. The number of aliphatic hydroxyl groups is 1. The first-order valence-corrected chi connectivity index (χ1v) is 13.4. The highest BCUT2D eigenvalue weighted by Crippen LogP contribution is 2.44. The fraction of sp³-hybridized carbons (Fsp3) is 0.567. The third-order valence-corrected chi connectivity index (χ3v) is 7.35. The SMILES string of the molecule is CNC[C@H](C)CC(=O)N1CCC[C@@H]([C@@](O)(CCCCOC)c2ccccc2Oc2ccccc2C)C1. The maximum atomic E-state index is 13.1. The molecule has 1 saturated heterocycles. The van der Waals surface area contributed by atoms with Crippen molar-refractivity contribution in [2.75, 3.05) is 40.4 Å². The molecule has 1 fully saturated rings. The largest absolute Gasteiger partial charge is 0.457 e. The molecule has 3 rings (SSSR count). The molecule has 36 heavy (non-hydrogen) atoms. The topological polar surface area (TPSA) is 71.0 Å². The van der Waals surface area contributed by atoms with Crippen LogP contribution < -0.4 is 10.1 Å². The third kappa shape index (κ3) is 7.31. The molecule has 1 amide bonds. The molecule has 0 bridgehead atoms. The van der Waals surface area contributed by atoms with Crippen molar-refractivity contribution in [1.82, 2.24) is 10.2 Å². The summed E-state index contributed by atoms with van der Waals surface area (Å²) in [6.45, 7) is 6.91. The number of ether oxygens (including phenoxy) is 2. The van der Waals surface area contributed by atoms with E-state index in [0.717, 1.165) is 55.6 Å². The average molecular weight is 497 g/mol. The van der Waals surface area contributed by atoms with Gasteiger partial charge in [0, 0.05) is 44.7 Å². The molecule has 0 radical (unpaired) electrons. The second-order valence-corrected chi connectivity index (χ2v) is 10.3. The number of unbranched alkanes of at least 4 members (excludes halogenated alkanes) is 1.